The number of carbonyl (C=O) groups excluding carboxylic acids is 1. The second kappa shape index (κ2) is 7.90. The van der Waals surface area contributed by atoms with E-state index in [1.165, 1.54) is 5.56 Å². The lowest BCUT2D eigenvalue weighted by Crippen LogP contribution is -2.54. The van der Waals surface area contributed by atoms with E-state index < -0.39 is 0 Å². The maximum atomic E-state index is 12.1. The Hall–Kier alpha value is -2.17. The van der Waals surface area contributed by atoms with Crippen molar-refractivity contribution in [2.24, 2.45) is 0 Å². The van der Waals surface area contributed by atoms with Crippen molar-refractivity contribution < 1.29 is 4.79 Å². The van der Waals surface area contributed by atoms with Gasteiger partial charge in [-0.2, -0.15) is 0 Å². The van der Waals surface area contributed by atoms with Crippen molar-refractivity contribution >= 4 is 5.91 Å². The molecule has 1 aliphatic heterocycles. The fourth-order valence-corrected chi connectivity index (χ4v) is 2.92. The van der Waals surface area contributed by atoms with Gasteiger partial charge in [0.05, 0.1) is 0 Å². The average molecular weight is 309 g/mol. The summed E-state index contributed by atoms with van der Waals surface area (Å²) in [4.78, 5) is 14.5. The quantitative estimate of drug-likeness (QED) is 0.886. The van der Waals surface area contributed by atoms with Crippen LogP contribution in [0.15, 0.2) is 60.7 Å². The van der Waals surface area contributed by atoms with Crippen molar-refractivity contribution in [3.63, 3.8) is 0 Å². The predicted octanol–water partition coefficient (Wildman–Crippen LogP) is 1.89. The number of amides is 1. The standard InChI is InChI=1S/C19H23N3O/c23-19(17-9-5-2-6-10-17)21-13-18-15-22(12-11-20-18)14-16-7-3-1-4-8-16/h1-10,18,20H,11-15H2,(H,21,23). The number of nitrogens with zero attached hydrogens (tertiary/aromatic N) is 1. The Balaban J connectivity index is 1.48. The van der Waals surface area contributed by atoms with E-state index in [1.54, 1.807) is 0 Å². The summed E-state index contributed by atoms with van der Waals surface area (Å²) in [6.07, 6.45) is 0. The van der Waals surface area contributed by atoms with Crippen LogP contribution in [0.2, 0.25) is 0 Å². The lowest BCUT2D eigenvalue weighted by Gasteiger charge is -2.33. The molecule has 1 unspecified atom stereocenters. The Kier molecular flexibility index (Phi) is 5.40. The zero-order valence-electron chi connectivity index (χ0n) is 13.2. The molecule has 1 heterocycles. The van der Waals surface area contributed by atoms with E-state index in [-0.39, 0.29) is 5.91 Å². The molecule has 2 aromatic carbocycles. The molecule has 0 radical (unpaired) electrons. The summed E-state index contributed by atoms with van der Waals surface area (Å²) < 4.78 is 0. The Labute approximate surface area is 137 Å². The van der Waals surface area contributed by atoms with Gasteiger partial charge >= 0.3 is 0 Å². The molecular weight excluding hydrogens is 286 g/mol. The first-order valence-corrected chi connectivity index (χ1v) is 8.14. The molecular formula is C19H23N3O. The van der Waals surface area contributed by atoms with Crippen molar-refractivity contribution in [2.75, 3.05) is 26.2 Å². The SMILES string of the molecule is O=C(NCC1CN(Cc2ccccc2)CCN1)c1ccccc1. The van der Waals surface area contributed by atoms with Crippen LogP contribution < -0.4 is 10.6 Å². The van der Waals surface area contributed by atoms with Crippen LogP contribution >= 0.6 is 0 Å². The van der Waals surface area contributed by atoms with Gasteiger partial charge in [-0.05, 0) is 17.7 Å². The van der Waals surface area contributed by atoms with Crippen molar-refractivity contribution in [1.29, 1.82) is 0 Å². The summed E-state index contributed by atoms with van der Waals surface area (Å²) in [6.45, 7) is 4.56. The lowest BCUT2D eigenvalue weighted by molar-refractivity contribution is 0.0940. The zero-order valence-corrected chi connectivity index (χ0v) is 13.2. The van der Waals surface area contributed by atoms with Gasteiger partial charge in [-0.15, -0.1) is 0 Å². The molecule has 0 aliphatic carbocycles. The number of rotatable bonds is 5. The monoisotopic (exact) mass is 309 g/mol. The third-order valence-electron chi connectivity index (χ3n) is 4.13. The number of carbonyl (C=O) groups is 1. The van der Waals surface area contributed by atoms with E-state index in [2.05, 4.69) is 39.8 Å². The second-order valence-electron chi connectivity index (χ2n) is 5.95. The molecule has 1 atom stereocenters. The second-order valence-corrected chi connectivity index (χ2v) is 5.95. The minimum absolute atomic E-state index is 0.00687. The van der Waals surface area contributed by atoms with E-state index in [0.29, 0.717) is 18.2 Å². The third kappa shape index (κ3) is 4.65. The number of hydrogen-bond acceptors (Lipinski definition) is 3. The highest BCUT2D eigenvalue weighted by molar-refractivity contribution is 5.94. The minimum Gasteiger partial charge on any atom is -0.350 e. The molecule has 3 rings (SSSR count). The molecule has 0 aromatic heterocycles. The Morgan fingerprint density at radius 3 is 2.52 bits per heavy atom. The van der Waals surface area contributed by atoms with Gasteiger partial charge in [0.2, 0.25) is 0 Å². The molecule has 0 bridgehead atoms. The topological polar surface area (TPSA) is 44.4 Å². The van der Waals surface area contributed by atoms with Crippen molar-refractivity contribution in [3.8, 4) is 0 Å². The van der Waals surface area contributed by atoms with E-state index in [1.807, 2.05) is 36.4 Å². The first-order chi connectivity index (χ1) is 11.3. The van der Waals surface area contributed by atoms with Crippen molar-refractivity contribution in [2.45, 2.75) is 12.6 Å². The summed E-state index contributed by atoms with van der Waals surface area (Å²) in [6, 6.07) is 20.2. The third-order valence-corrected chi connectivity index (χ3v) is 4.13. The average Bonchev–Trinajstić information content (AvgIpc) is 2.62. The Morgan fingerprint density at radius 2 is 1.78 bits per heavy atom. The molecule has 1 amide bonds. The molecule has 120 valence electrons. The highest BCUT2D eigenvalue weighted by atomic mass is 16.1. The smallest absolute Gasteiger partial charge is 0.251 e. The molecule has 1 saturated heterocycles. The fourth-order valence-electron chi connectivity index (χ4n) is 2.92. The summed E-state index contributed by atoms with van der Waals surface area (Å²) in [5.41, 5.74) is 2.05. The van der Waals surface area contributed by atoms with Crippen LogP contribution in [0.3, 0.4) is 0 Å². The fraction of sp³-hybridized carbons (Fsp3) is 0.316. The van der Waals surface area contributed by atoms with Gasteiger partial charge in [-0.1, -0.05) is 48.5 Å². The molecule has 2 aromatic rings. The maximum absolute atomic E-state index is 12.1. The molecule has 23 heavy (non-hydrogen) atoms. The van der Waals surface area contributed by atoms with Gasteiger partial charge in [-0.25, -0.2) is 0 Å². The lowest BCUT2D eigenvalue weighted by atomic mass is 10.1. The molecule has 4 nitrogen and oxygen atoms in total. The number of piperazine rings is 1. The first-order valence-electron chi connectivity index (χ1n) is 8.14. The molecule has 2 N–H and O–H groups in total. The predicted molar refractivity (Wildman–Crippen MR) is 92.3 cm³/mol. The number of nitrogens with one attached hydrogen (secondary N) is 2. The van der Waals surface area contributed by atoms with E-state index >= 15 is 0 Å². The van der Waals surface area contributed by atoms with E-state index in [4.69, 9.17) is 0 Å². The zero-order chi connectivity index (χ0) is 15.9. The highest BCUT2D eigenvalue weighted by Gasteiger charge is 2.19. The van der Waals surface area contributed by atoms with Gasteiger partial charge in [-0.3, -0.25) is 9.69 Å². The molecule has 0 saturated carbocycles. The molecule has 1 aliphatic rings. The molecule has 1 fully saturated rings. The van der Waals surface area contributed by atoms with Gasteiger partial charge in [0, 0.05) is 44.3 Å². The van der Waals surface area contributed by atoms with Crippen molar-refractivity contribution in [3.05, 3.63) is 71.8 Å². The van der Waals surface area contributed by atoms with Gasteiger partial charge in [0.25, 0.3) is 5.91 Å². The van der Waals surface area contributed by atoms with Crippen molar-refractivity contribution in [1.82, 2.24) is 15.5 Å². The van der Waals surface area contributed by atoms with E-state index in [9.17, 15) is 4.79 Å². The Bertz CT molecular complexity index is 615. The van der Waals surface area contributed by atoms with Crippen LogP contribution in [0, 0.1) is 0 Å². The van der Waals surface area contributed by atoms with Crippen LogP contribution in [-0.4, -0.2) is 43.0 Å². The van der Waals surface area contributed by atoms with Crippen LogP contribution in [-0.2, 0) is 6.54 Å². The normalized spacial score (nSPS) is 18.5. The summed E-state index contributed by atoms with van der Waals surface area (Å²) in [7, 11) is 0. The number of hydrogen-bond donors (Lipinski definition) is 2. The van der Waals surface area contributed by atoms with Crippen LogP contribution in [0.1, 0.15) is 15.9 Å². The summed E-state index contributed by atoms with van der Waals surface area (Å²) in [5.74, 6) is -0.00687. The minimum atomic E-state index is -0.00687. The molecule has 0 spiro atoms. The number of benzene rings is 2. The van der Waals surface area contributed by atoms with Crippen LogP contribution in [0.5, 0.6) is 0 Å². The Morgan fingerprint density at radius 1 is 1.09 bits per heavy atom. The molecule has 4 heteroatoms. The van der Waals surface area contributed by atoms with E-state index in [0.717, 1.165) is 26.2 Å². The maximum Gasteiger partial charge on any atom is 0.251 e. The first kappa shape index (κ1) is 15.7. The van der Waals surface area contributed by atoms with Crippen LogP contribution in [0.25, 0.3) is 0 Å². The summed E-state index contributed by atoms with van der Waals surface area (Å²) >= 11 is 0. The van der Waals surface area contributed by atoms with Gasteiger partial charge < -0.3 is 10.6 Å². The van der Waals surface area contributed by atoms with Crippen LogP contribution in [0.4, 0.5) is 0 Å². The highest BCUT2D eigenvalue weighted by Crippen LogP contribution is 2.07. The largest absolute Gasteiger partial charge is 0.350 e. The summed E-state index contributed by atoms with van der Waals surface area (Å²) in [5, 5.41) is 6.51. The van der Waals surface area contributed by atoms with Gasteiger partial charge in [0.1, 0.15) is 0 Å². The van der Waals surface area contributed by atoms with Gasteiger partial charge in [0.15, 0.2) is 0 Å².